The Balaban J connectivity index is 1.14. The molecule has 28 nitrogen and oxygen atoms in total. The number of aromatic nitrogens is 3. The van der Waals surface area contributed by atoms with Gasteiger partial charge in [0.1, 0.15) is 54.6 Å². The average Bonchev–Trinajstić information content (AvgIpc) is 1.78. The first kappa shape index (κ1) is 84.7. The van der Waals surface area contributed by atoms with Crippen LogP contribution in [-0.2, 0) is 67.2 Å². The maximum Gasteiger partial charge on any atom is 0.252 e. The molecule has 0 spiro atoms. The number of likely N-dealkylation sites (tertiary alicyclic amines) is 1. The Hall–Kier alpha value is -10.6. The van der Waals surface area contributed by atoms with Gasteiger partial charge in [0.15, 0.2) is 0 Å². The minimum atomic E-state index is -1.81. The molecule has 1 fully saturated rings. The van der Waals surface area contributed by atoms with Gasteiger partial charge in [-0.2, -0.15) is 0 Å². The van der Waals surface area contributed by atoms with E-state index in [4.69, 9.17) is 11.6 Å². The van der Waals surface area contributed by atoms with Crippen LogP contribution in [0.25, 0.3) is 10.8 Å². The molecule has 3 aromatic carbocycles. The van der Waals surface area contributed by atoms with E-state index >= 15 is 4.79 Å². The first-order valence-electron chi connectivity index (χ1n) is 37.0. The zero-order chi connectivity index (χ0) is 77.9. The Kier molecular flexibility index (Phi) is 34.9. The van der Waals surface area contributed by atoms with Crippen LogP contribution in [0.1, 0.15) is 149 Å². The molecular formula is C79H102ClN15O13. The third kappa shape index (κ3) is 28.3. The van der Waals surface area contributed by atoms with Gasteiger partial charge in [-0.3, -0.25) is 67.7 Å². The molecule has 12 N–H and O–H groups in total. The number of carbonyl (C=O) groups is 12. The number of aliphatic hydroxyl groups excluding tert-OH is 1. The number of pyridine rings is 3. The standard InChI is InChI=1S/C79H102ClN15O13/c1-50(2)40-65(74(103)90-64(26-10-11-36-84-51(3)4)79(108)95-39-17-23-61(95)48-96)91-73(102)63(25-9-13-38-86-71(100)59-22-16-35-83-47-59)88-72(101)62(24-8-12-37-85-70(99)58-21-15-34-82-46-58)89-78(107)69(49-97)94-77(106)68(44-55-18-14-33-81-45-55)93-76(105)67(42-53-28-31-60(80)32-29-53)92-75(104)66(87-52(5)98)43-54-27-30-56-19-6-7-20-57(56)41-54/h6-7,14-16,18-22,27-35,41,45-48,50-51,61-69,84,97H,8-13,17,23-26,36-40,42-44,49H2,1-5H3,(H,85,99)(H,86,100)(H,87,98)(H,88,101)(H,89,107)(H,90,103)(H,91,102)(H,92,104)(H,93,105)(H,94,106)/t61-,62-,63+,64-,65-,66+,67+,68+,69-/m0/s1. The van der Waals surface area contributed by atoms with Gasteiger partial charge >= 0.3 is 0 Å². The molecule has 0 radical (unpaired) electrons. The largest absolute Gasteiger partial charge is 0.394 e. The SMILES string of the molecule is CC(=O)N[C@H](Cc1ccc2ccccc2c1)C(=O)N[C@H](Cc1ccc(Cl)cc1)C(=O)N[C@H](Cc1cccnc1)C(=O)N[C@@H](CO)C(=O)N[C@@H](CCCCNC(=O)c1cccnc1)C(=O)N[C@H](CCCCNC(=O)c1cccnc1)C(=O)N[C@@H](CC(C)C)C(=O)N[C@@H](CCCCNC(C)C)C(=O)N1CCC[C@H]1C=O. The lowest BCUT2D eigenvalue weighted by Gasteiger charge is -2.30. The van der Waals surface area contributed by atoms with E-state index in [0.29, 0.717) is 78.0 Å². The van der Waals surface area contributed by atoms with Gasteiger partial charge in [-0.1, -0.05) is 100.0 Å². The lowest BCUT2D eigenvalue weighted by Crippen LogP contribution is -2.61. The highest BCUT2D eigenvalue weighted by Gasteiger charge is 2.38. The maximum absolute atomic E-state index is 15.1. The summed E-state index contributed by atoms with van der Waals surface area (Å²) in [4.78, 5) is 183. The van der Waals surface area contributed by atoms with Gasteiger partial charge in [0, 0.05) is 94.1 Å². The smallest absolute Gasteiger partial charge is 0.252 e. The maximum atomic E-state index is 15.1. The van der Waals surface area contributed by atoms with Crippen LogP contribution in [0.2, 0.25) is 5.02 Å². The lowest BCUT2D eigenvalue weighted by atomic mass is 9.99. The van der Waals surface area contributed by atoms with Crippen LogP contribution in [0.5, 0.6) is 0 Å². The summed E-state index contributed by atoms with van der Waals surface area (Å²) in [6.07, 6.45) is 12.5. The van der Waals surface area contributed by atoms with Gasteiger partial charge in [0.2, 0.25) is 53.2 Å². The molecule has 0 aliphatic carbocycles. The van der Waals surface area contributed by atoms with Gasteiger partial charge in [-0.05, 0) is 159 Å². The van der Waals surface area contributed by atoms with Crippen LogP contribution in [0.3, 0.4) is 0 Å². The number of benzene rings is 3. The Morgan fingerprint density at radius 3 is 1.46 bits per heavy atom. The van der Waals surface area contributed by atoms with Crippen molar-refractivity contribution < 1.29 is 62.6 Å². The molecule has 9 atom stereocenters. The highest BCUT2D eigenvalue weighted by Crippen LogP contribution is 2.21. The van der Waals surface area contributed by atoms with Crippen molar-refractivity contribution in [2.75, 3.05) is 32.8 Å². The summed E-state index contributed by atoms with van der Waals surface area (Å²) in [5.41, 5.74) is 2.34. The normalized spacial score (nSPS) is 14.8. The van der Waals surface area contributed by atoms with E-state index in [9.17, 15) is 57.8 Å². The third-order valence-electron chi connectivity index (χ3n) is 18.2. The van der Waals surface area contributed by atoms with Gasteiger partial charge in [0.05, 0.1) is 23.8 Å². The number of unbranched alkanes of at least 4 members (excludes halogenated alkanes) is 3. The number of aldehydes is 1. The van der Waals surface area contributed by atoms with Crippen molar-refractivity contribution in [3.63, 3.8) is 0 Å². The van der Waals surface area contributed by atoms with Gasteiger partial charge in [-0.25, -0.2) is 0 Å². The first-order chi connectivity index (χ1) is 52.0. The van der Waals surface area contributed by atoms with Gasteiger partial charge in [-0.15, -0.1) is 0 Å². The van der Waals surface area contributed by atoms with Crippen LogP contribution in [0.15, 0.2) is 140 Å². The van der Waals surface area contributed by atoms with Crippen LogP contribution >= 0.6 is 11.6 Å². The predicted molar refractivity (Wildman–Crippen MR) is 407 cm³/mol. The number of hydrogen-bond acceptors (Lipinski definition) is 17. The molecule has 1 aliphatic heterocycles. The summed E-state index contributed by atoms with van der Waals surface area (Å²) in [5.74, 6) is -7.96. The quantitative estimate of drug-likeness (QED) is 0.0188. The molecule has 0 unspecified atom stereocenters. The lowest BCUT2D eigenvalue weighted by molar-refractivity contribution is -0.140. The summed E-state index contributed by atoms with van der Waals surface area (Å²) >= 11 is 6.26. The molecule has 29 heteroatoms. The zero-order valence-corrected chi connectivity index (χ0v) is 62.6. The molecule has 578 valence electrons. The number of nitrogens with one attached hydrogen (secondary N) is 11. The van der Waals surface area contributed by atoms with Crippen molar-refractivity contribution in [1.82, 2.24) is 78.3 Å². The van der Waals surface area contributed by atoms with E-state index in [-0.39, 0.29) is 89.3 Å². The number of hydrogen-bond donors (Lipinski definition) is 12. The third-order valence-corrected chi connectivity index (χ3v) is 18.5. The summed E-state index contributed by atoms with van der Waals surface area (Å²) in [7, 11) is 0. The molecular weight excluding hydrogens is 1400 g/mol. The van der Waals surface area contributed by atoms with Crippen LogP contribution < -0.4 is 58.5 Å². The second kappa shape index (κ2) is 44.5. The molecule has 0 bridgehead atoms. The molecule has 1 saturated heterocycles. The van der Waals surface area contributed by atoms with E-state index in [1.54, 1.807) is 60.7 Å². The van der Waals surface area contributed by atoms with Crippen molar-refractivity contribution in [2.45, 2.75) is 191 Å². The summed E-state index contributed by atoms with van der Waals surface area (Å²) in [6.45, 7) is 9.17. The highest BCUT2D eigenvalue weighted by molar-refractivity contribution is 6.30. The van der Waals surface area contributed by atoms with E-state index in [2.05, 4.69) is 73.4 Å². The number of nitrogens with zero attached hydrogens (tertiary/aromatic N) is 4. The number of carbonyl (C=O) groups excluding carboxylic acids is 12. The Morgan fingerprint density at radius 1 is 0.491 bits per heavy atom. The number of fused-ring (bicyclic) bond motifs is 1. The monoisotopic (exact) mass is 1500 g/mol. The summed E-state index contributed by atoms with van der Waals surface area (Å²) < 4.78 is 0. The molecule has 0 saturated carbocycles. The topological polar surface area (TPSA) is 399 Å². The molecule has 11 amide bonds. The van der Waals surface area contributed by atoms with Crippen molar-refractivity contribution in [1.29, 1.82) is 0 Å². The van der Waals surface area contributed by atoms with Crippen LogP contribution in [0.4, 0.5) is 0 Å². The van der Waals surface area contributed by atoms with E-state index in [0.717, 1.165) is 17.1 Å². The van der Waals surface area contributed by atoms with Crippen LogP contribution in [0, 0.1) is 5.92 Å². The Labute approximate surface area is 634 Å². The molecule has 108 heavy (non-hydrogen) atoms. The second-order valence-electron chi connectivity index (χ2n) is 27.7. The Bertz CT molecular complexity index is 3960. The highest BCUT2D eigenvalue weighted by atomic mass is 35.5. The van der Waals surface area contributed by atoms with Crippen molar-refractivity contribution in [2.24, 2.45) is 5.92 Å². The number of halogens is 1. The van der Waals surface area contributed by atoms with E-state index < -0.39 is 126 Å². The summed E-state index contributed by atoms with van der Waals surface area (Å²) in [5, 5.41) is 44.3. The molecule has 6 aromatic rings. The number of rotatable bonds is 44. The second-order valence-corrected chi connectivity index (χ2v) is 28.2. The zero-order valence-electron chi connectivity index (χ0n) is 61.9. The molecule has 3 aromatic heterocycles. The van der Waals surface area contributed by atoms with Crippen molar-refractivity contribution >= 4 is 93.6 Å². The van der Waals surface area contributed by atoms with Crippen molar-refractivity contribution in [3.8, 4) is 0 Å². The summed E-state index contributed by atoms with van der Waals surface area (Å²) in [6, 6.07) is 17.8. The van der Waals surface area contributed by atoms with Crippen LogP contribution in [-0.4, -0.2) is 189 Å². The fourth-order valence-corrected chi connectivity index (χ4v) is 12.6. The van der Waals surface area contributed by atoms with E-state index in [1.807, 2.05) is 70.2 Å². The minimum Gasteiger partial charge on any atom is -0.394 e. The molecule has 4 heterocycles. The fourth-order valence-electron chi connectivity index (χ4n) is 12.5. The fraction of sp³-hybridized carbons (Fsp3) is 0.456. The first-order valence-corrected chi connectivity index (χ1v) is 37.3. The minimum absolute atomic E-state index is 0.0373. The molecule has 7 rings (SSSR count). The average molecular weight is 1510 g/mol. The van der Waals surface area contributed by atoms with E-state index in [1.165, 1.54) is 49.0 Å². The number of amides is 11. The molecule has 1 aliphatic rings. The number of aliphatic hydroxyl groups is 1. The Morgan fingerprint density at radius 2 is 0.944 bits per heavy atom. The van der Waals surface area contributed by atoms with Gasteiger partial charge in [0.25, 0.3) is 11.8 Å². The van der Waals surface area contributed by atoms with Crippen molar-refractivity contribution in [3.05, 3.63) is 173 Å². The predicted octanol–water partition coefficient (Wildman–Crippen LogP) is 4.20. The van der Waals surface area contributed by atoms with Gasteiger partial charge < -0.3 is 73.3 Å².